The van der Waals surface area contributed by atoms with Crippen molar-refractivity contribution in [2.45, 2.75) is 77.2 Å². The Hall–Kier alpha value is -4.65. The van der Waals surface area contributed by atoms with Crippen LogP contribution in [0.4, 0.5) is 0 Å². The van der Waals surface area contributed by atoms with Gasteiger partial charge in [-0.05, 0) is 47.6 Å². The normalized spacial score (nSPS) is 15.9. The Morgan fingerprint density at radius 2 is 1.54 bits per heavy atom. The minimum absolute atomic E-state index is 0.0700. The number of hydrogen-bond acceptors (Lipinski definition) is 6. The van der Waals surface area contributed by atoms with Crippen molar-refractivity contribution in [2.75, 3.05) is 6.54 Å². The maximum Gasteiger partial charge on any atom is 0.246 e. The molecule has 0 saturated heterocycles. The first-order chi connectivity index (χ1) is 21.8. The first kappa shape index (κ1) is 35.8. The van der Waals surface area contributed by atoms with Gasteiger partial charge in [-0.15, -0.1) is 0 Å². The average molecular weight is 655 g/mol. The van der Waals surface area contributed by atoms with Crippen LogP contribution in [0.5, 0.6) is 0 Å². The highest BCUT2D eigenvalue weighted by molar-refractivity contribution is 6.30. The standard InChI is InChI=1S/C32H43ClN8O5/c1-18(2)27(38-19(3)42)30(45)39-24(9-6-14-37-32(35)36)29(44)40-25(15-20-10-12-23(33)13-11-20)31(46)41-17-22-8-5-4-7-21(22)16-26(41)28(34)43/h4-5,7-8,10-13,18,24-27H,6,9,14-17H2,1-3H3,(H2,34,43)(H,38,42)(H,39,45)(H,40,44)(H4,35,36,37)/t24-,25+,26-,27-/m0/s1. The minimum Gasteiger partial charge on any atom is -0.370 e. The van der Waals surface area contributed by atoms with E-state index in [-0.39, 0.29) is 44.2 Å². The lowest BCUT2D eigenvalue weighted by Crippen LogP contribution is -2.60. The summed E-state index contributed by atoms with van der Waals surface area (Å²) in [5, 5.41) is 8.67. The van der Waals surface area contributed by atoms with Crippen LogP contribution in [0.3, 0.4) is 0 Å². The molecule has 0 radical (unpaired) electrons. The third-order valence-corrected chi connectivity index (χ3v) is 7.97. The summed E-state index contributed by atoms with van der Waals surface area (Å²) in [5.41, 5.74) is 19.1. The summed E-state index contributed by atoms with van der Waals surface area (Å²) in [6.45, 7) is 5.15. The number of nitrogens with two attached hydrogens (primary N) is 3. The molecule has 1 aliphatic rings. The SMILES string of the molecule is CC(=O)N[C@H](C(=O)N[C@@H](CCCN=C(N)N)C(=O)N[C@H](Cc1ccc(Cl)cc1)C(=O)N1Cc2ccccc2C[C@H]1C(N)=O)C(C)C. The van der Waals surface area contributed by atoms with E-state index in [0.717, 1.165) is 11.1 Å². The molecule has 5 amide bonds. The number of guanidine groups is 1. The van der Waals surface area contributed by atoms with Gasteiger partial charge in [0.05, 0.1) is 0 Å². The number of fused-ring (bicyclic) bond motifs is 1. The number of halogens is 1. The van der Waals surface area contributed by atoms with Crippen molar-refractivity contribution in [1.82, 2.24) is 20.9 Å². The van der Waals surface area contributed by atoms with E-state index >= 15 is 0 Å². The second-order valence-corrected chi connectivity index (χ2v) is 12.1. The van der Waals surface area contributed by atoms with Crippen molar-refractivity contribution in [3.8, 4) is 0 Å². The molecule has 2 aromatic carbocycles. The molecule has 0 unspecified atom stereocenters. The Kier molecular flexibility index (Phi) is 12.9. The molecule has 3 rings (SSSR count). The molecule has 14 heteroatoms. The first-order valence-corrected chi connectivity index (χ1v) is 15.5. The Labute approximate surface area is 273 Å². The van der Waals surface area contributed by atoms with E-state index in [1.165, 1.54) is 11.8 Å². The van der Waals surface area contributed by atoms with Gasteiger partial charge in [-0.3, -0.25) is 29.0 Å². The Balaban J connectivity index is 1.93. The predicted molar refractivity (Wildman–Crippen MR) is 175 cm³/mol. The molecule has 1 aliphatic heterocycles. The molecule has 0 bridgehead atoms. The minimum atomic E-state index is -1.13. The van der Waals surface area contributed by atoms with E-state index in [1.807, 2.05) is 24.3 Å². The van der Waals surface area contributed by atoms with Gasteiger partial charge in [-0.25, -0.2) is 0 Å². The molecule has 2 aromatic rings. The molecule has 9 N–H and O–H groups in total. The molecule has 13 nitrogen and oxygen atoms in total. The number of carbonyl (C=O) groups is 5. The van der Waals surface area contributed by atoms with Crippen molar-refractivity contribution < 1.29 is 24.0 Å². The lowest BCUT2D eigenvalue weighted by atomic mass is 9.92. The fraction of sp³-hybridized carbons (Fsp3) is 0.438. The van der Waals surface area contributed by atoms with Crippen LogP contribution in [0, 0.1) is 5.92 Å². The molecule has 46 heavy (non-hydrogen) atoms. The Morgan fingerprint density at radius 3 is 2.13 bits per heavy atom. The number of hydrogen-bond donors (Lipinski definition) is 6. The van der Waals surface area contributed by atoms with Gasteiger partial charge >= 0.3 is 0 Å². The van der Waals surface area contributed by atoms with E-state index < -0.39 is 53.7 Å². The van der Waals surface area contributed by atoms with E-state index in [2.05, 4.69) is 20.9 Å². The molecule has 0 spiro atoms. The molecule has 1 heterocycles. The second kappa shape index (κ2) is 16.6. The summed E-state index contributed by atoms with van der Waals surface area (Å²) in [4.78, 5) is 71.1. The molecule has 0 fully saturated rings. The van der Waals surface area contributed by atoms with Crippen LogP contribution < -0.4 is 33.2 Å². The summed E-state index contributed by atoms with van der Waals surface area (Å²) >= 11 is 6.08. The molecular formula is C32H43ClN8O5. The quantitative estimate of drug-likeness (QED) is 0.0963. The number of rotatable bonds is 14. The summed E-state index contributed by atoms with van der Waals surface area (Å²) in [5.74, 6) is -3.16. The number of amides is 5. The second-order valence-electron chi connectivity index (χ2n) is 11.7. The lowest BCUT2D eigenvalue weighted by Gasteiger charge is -2.37. The number of carbonyl (C=O) groups excluding carboxylic acids is 5. The van der Waals surface area contributed by atoms with Crippen LogP contribution in [0.25, 0.3) is 0 Å². The van der Waals surface area contributed by atoms with Crippen molar-refractivity contribution in [3.63, 3.8) is 0 Å². The highest BCUT2D eigenvalue weighted by atomic mass is 35.5. The zero-order chi connectivity index (χ0) is 34.0. The van der Waals surface area contributed by atoms with Crippen molar-refractivity contribution >= 4 is 47.1 Å². The summed E-state index contributed by atoms with van der Waals surface area (Å²) in [6, 6.07) is 10.2. The number of benzene rings is 2. The molecule has 0 aliphatic carbocycles. The van der Waals surface area contributed by atoms with E-state index in [4.69, 9.17) is 28.8 Å². The molecule has 0 saturated carbocycles. The van der Waals surface area contributed by atoms with Crippen molar-refractivity contribution in [2.24, 2.45) is 28.1 Å². The number of primary amides is 1. The largest absolute Gasteiger partial charge is 0.370 e. The highest BCUT2D eigenvalue weighted by Gasteiger charge is 2.38. The third-order valence-electron chi connectivity index (χ3n) is 7.71. The first-order valence-electron chi connectivity index (χ1n) is 15.1. The van der Waals surface area contributed by atoms with Crippen LogP contribution >= 0.6 is 11.6 Å². The van der Waals surface area contributed by atoms with Gasteiger partial charge in [-0.1, -0.05) is 61.8 Å². The van der Waals surface area contributed by atoms with Gasteiger partial charge in [0.2, 0.25) is 29.5 Å². The van der Waals surface area contributed by atoms with Crippen LogP contribution in [0.1, 0.15) is 50.3 Å². The topological polar surface area (TPSA) is 215 Å². The van der Waals surface area contributed by atoms with Gasteiger partial charge < -0.3 is 38.1 Å². The van der Waals surface area contributed by atoms with Crippen LogP contribution in [0.2, 0.25) is 5.02 Å². The number of nitrogens with zero attached hydrogens (tertiary/aromatic N) is 2. The lowest BCUT2D eigenvalue weighted by molar-refractivity contribution is -0.144. The highest BCUT2D eigenvalue weighted by Crippen LogP contribution is 2.25. The van der Waals surface area contributed by atoms with Gasteiger partial charge in [0.25, 0.3) is 0 Å². The van der Waals surface area contributed by atoms with Gasteiger partial charge in [0.15, 0.2) is 5.96 Å². The maximum absolute atomic E-state index is 14.2. The van der Waals surface area contributed by atoms with Crippen LogP contribution in [-0.2, 0) is 43.4 Å². The summed E-state index contributed by atoms with van der Waals surface area (Å²) in [7, 11) is 0. The fourth-order valence-electron chi connectivity index (χ4n) is 5.33. The van der Waals surface area contributed by atoms with Gasteiger partial charge in [-0.2, -0.15) is 0 Å². The Bertz CT molecular complexity index is 1440. The number of aliphatic imine (C=N–C) groups is 1. The van der Waals surface area contributed by atoms with Crippen molar-refractivity contribution in [1.29, 1.82) is 0 Å². The van der Waals surface area contributed by atoms with Crippen LogP contribution in [-0.4, -0.2) is 71.1 Å². The van der Waals surface area contributed by atoms with E-state index in [0.29, 0.717) is 17.0 Å². The molecule has 0 aromatic heterocycles. The average Bonchev–Trinajstić information content (AvgIpc) is 3.00. The molecule has 4 atom stereocenters. The van der Waals surface area contributed by atoms with Gasteiger partial charge in [0, 0.05) is 37.9 Å². The maximum atomic E-state index is 14.2. The summed E-state index contributed by atoms with van der Waals surface area (Å²) < 4.78 is 0. The third kappa shape index (κ3) is 10.2. The zero-order valence-electron chi connectivity index (χ0n) is 26.3. The van der Waals surface area contributed by atoms with E-state index in [1.54, 1.807) is 38.1 Å². The predicted octanol–water partition coefficient (Wildman–Crippen LogP) is 0.505. The fourth-order valence-corrected chi connectivity index (χ4v) is 5.45. The monoisotopic (exact) mass is 654 g/mol. The molecule has 248 valence electrons. The van der Waals surface area contributed by atoms with Crippen LogP contribution in [0.15, 0.2) is 53.5 Å². The Morgan fingerprint density at radius 1 is 0.913 bits per heavy atom. The smallest absolute Gasteiger partial charge is 0.246 e. The summed E-state index contributed by atoms with van der Waals surface area (Å²) in [6.07, 6.45) is 0.760. The molecular weight excluding hydrogens is 612 g/mol. The van der Waals surface area contributed by atoms with E-state index in [9.17, 15) is 24.0 Å². The number of nitrogens with one attached hydrogen (secondary N) is 3. The zero-order valence-corrected chi connectivity index (χ0v) is 27.0. The van der Waals surface area contributed by atoms with Crippen molar-refractivity contribution in [3.05, 3.63) is 70.2 Å². The van der Waals surface area contributed by atoms with Gasteiger partial charge in [0.1, 0.15) is 24.2 Å².